The van der Waals surface area contributed by atoms with Gasteiger partial charge in [-0.05, 0) is 20.8 Å². The van der Waals surface area contributed by atoms with Crippen LogP contribution in [0.4, 0.5) is 0 Å². The topological polar surface area (TPSA) is 102 Å². The van der Waals surface area contributed by atoms with Crippen molar-refractivity contribution < 1.29 is 12.9 Å². The van der Waals surface area contributed by atoms with Gasteiger partial charge in [-0.2, -0.15) is 4.98 Å². The van der Waals surface area contributed by atoms with Crippen LogP contribution in [0, 0.1) is 0 Å². The maximum absolute atomic E-state index is 11.5. The van der Waals surface area contributed by atoms with E-state index < -0.39 is 15.4 Å². The van der Waals surface area contributed by atoms with Gasteiger partial charge in [0.2, 0.25) is 5.89 Å². The van der Waals surface area contributed by atoms with Crippen molar-refractivity contribution in [1.82, 2.24) is 15.0 Å². The smallest absolute Gasteiger partial charge is 0.240 e. The van der Waals surface area contributed by atoms with Crippen LogP contribution >= 0.6 is 0 Å². The molecule has 1 aromatic rings. The van der Waals surface area contributed by atoms with Crippen molar-refractivity contribution >= 4 is 9.84 Å². The lowest BCUT2D eigenvalue weighted by molar-refractivity contribution is 0.189. The quantitative estimate of drug-likeness (QED) is 0.827. The summed E-state index contributed by atoms with van der Waals surface area (Å²) in [4.78, 5) is 6.28. The van der Waals surface area contributed by atoms with Crippen molar-refractivity contribution in [1.29, 1.82) is 0 Å². The van der Waals surface area contributed by atoms with Crippen molar-refractivity contribution in [3.05, 3.63) is 11.7 Å². The van der Waals surface area contributed by atoms with Crippen molar-refractivity contribution in [2.75, 3.05) is 18.1 Å². The molecule has 0 radical (unpaired) electrons. The predicted molar refractivity (Wildman–Crippen MR) is 70.0 cm³/mol. The summed E-state index contributed by atoms with van der Waals surface area (Å²) in [6.07, 6.45) is 0. The van der Waals surface area contributed by atoms with E-state index >= 15 is 0 Å². The Labute approximate surface area is 113 Å². The molecular formula is C11H20N4O3S. The second-order valence-corrected chi connectivity index (χ2v) is 7.90. The Hall–Kier alpha value is -0.990. The third-order valence-electron chi connectivity index (χ3n) is 3.19. The Morgan fingerprint density at radius 3 is 2.74 bits per heavy atom. The number of hydrogen-bond donors (Lipinski definition) is 1. The highest BCUT2D eigenvalue weighted by Crippen LogP contribution is 2.17. The van der Waals surface area contributed by atoms with E-state index in [9.17, 15) is 8.42 Å². The van der Waals surface area contributed by atoms with Crippen LogP contribution in [0.15, 0.2) is 4.52 Å². The van der Waals surface area contributed by atoms with E-state index in [-0.39, 0.29) is 17.5 Å². The molecule has 0 spiro atoms. The SMILES string of the molecule is CC1CS(=O)(=O)CCN1Cc1nc(C(C)(C)N)no1. The highest BCUT2D eigenvalue weighted by Gasteiger charge is 2.30. The van der Waals surface area contributed by atoms with Gasteiger partial charge in [-0.25, -0.2) is 8.42 Å². The zero-order valence-corrected chi connectivity index (χ0v) is 12.3. The van der Waals surface area contributed by atoms with Gasteiger partial charge in [-0.15, -0.1) is 0 Å². The van der Waals surface area contributed by atoms with Crippen molar-refractivity contribution in [2.45, 2.75) is 38.9 Å². The summed E-state index contributed by atoms with van der Waals surface area (Å²) in [6, 6.07) is -0.0417. The Morgan fingerprint density at radius 2 is 2.21 bits per heavy atom. The van der Waals surface area contributed by atoms with Crippen LogP contribution in [-0.2, 0) is 21.9 Å². The molecule has 1 atom stereocenters. The van der Waals surface area contributed by atoms with Crippen LogP contribution in [0.1, 0.15) is 32.5 Å². The van der Waals surface area contributed by atoms with Crippen molar-refractivity contribution in [3.63, 3.8) is 0 Å². The molecule has 0 aromatic carbocycles. The highest BCUT2D eigenvalue weighted by molar-refractivity contribution is 7.91. The third-order valence-corrected chi connectivity index (χ3v) is 4.99. The van der Waals surface area contributed by atoms with Gasteiger partial charge in [0.15, 0.2) is 15.7 Å². The maximum atomic E-state index is 11.5. The van der Waals surface area contributed by atoms with Gasteiger partial charge in [0.1, 0.15) is 0 Å². The fourth-order valence-electron chi connectivity index (χ4n) is 2.02. The van der Waals surface area contributed by atoms with Gasteiger partial charge in [0, 0.05) is 12.6 Å². The van der Waals surface area contributed by atoms with Gasteiger partial charge < -0.3 is 10.3 Å². The summed E-state index contributed by atoms with van der Waals surface area (Å²) in [5.74, 6) is 1.29. The van der Waals surface area contributed by atoms with Crippen LogP contribution in [0.3, 0.4) is 0 Å². The average molecular weight is 288 g/mol. The van der Waals surface area contributed by atoms with E-state index in [1.54, 1.807) is 13.8 Å². The fourth-order valence-corrected chi connectivity index (χ4v) is 3.65. The summed E-state index contributed by atoms with van der Waals surface area (Å²) in [5, 5.41) is 3.85. The normalized spacial score (nSPS) is 24.5. The molecule has 1 aromatic heterocycles. The summed E-state index contributed by atoms with van der Waals surface area (Å²) < 4.78 is 28.2. The molecule has 2 rings (SSSR count). The molecule has 1 saturated heterocycles. The molecule has 0 amide bonds. The molecule has 0 bridgehead atoms. The molecule has 1 fully saturated rings. The minimum absolute atomic E-state index is 0.0417. The molecule has 0 saturated carbocycles. The summed E-state index contributed by atoms with van der Waals surface area (Å²) in [5.41, 5.74) is 5.25. The molecule has 7 nitrogen and oxygen atoms in total. The first kappa shape index (κ1) is 14.4. The van der Waals surface area contributed by atoms with Crippen LogP contribution in [-0.4, -0.2) is 47.6 Å². The zero-order chi connectivity index (χ0) is 14.3. The minimum Gasteiger partial charge on any atom is -0.338 e. The van der Waals surface area contributed by atoms with E-state index in [0.717, 1.165) is 0 Å². The lowest BCUT2D eigenvalue weighted by atomic mass is 10.1. The Morgan fingerprint density at radius 1 is 1.53 bits per heavy atom. The largest absolute Gasteiger partial charge is 0.338 e. The van der Waals surface area contributed by atoms with Gasteiger partial charge >= 0.3 is 0 Å². The molecule has 2 N–H and O–H groups in total. The molecule has 0 aliphatic carbocycles. The van der Waals surface area contributed by atoms with Crippen LogP contribution in [0.5, 0.6) is 0 Å². The average Bonchev–Trinajstić information content (AvgIpc) is 2.69. The van der Waals surface area contributed by atoms with Crippen LogP contribution in [0.25, 0.3) is 0 Å². The highest BCUT2D eigenvalue weighted by atomic mass is 32.2. The number of rotatable bonds is 3. The van der Waals surface area contributed by atoms with E-state index in [2.05, 4.69) is 10.1 Å². The Bertz CT molecular complexity index is 547. The van der Waals surface area contributed by atoms with E-state index in [0.29, 0.717) is 24.8 Å². The monoisotopic (exact) mass is 288 g/mol. The van der Waals surface area contributed by atoms with Crippen LogP contribution < -0.4 is 5.73 Å². The number of aromatic nitrogens is 2. The Balaban J connectivity index is 2.04. The number of sulfone groups is 1. The molecule has 19 heavy (non-hydrogen) atoms. The summed E-state index contributed by atoms with van der Waals surface area (Å²) in [6.45, 7) is 6.45. The lowest BCUT2D eigenvalue weighted by Crippen LogP contribution is -2.46. The van der Waals surface area contributed by atoms with Gasteiger partial charge in [0.05, 0.1) is 23.6 Å². The van der Waals surface area contributed by atoms with E-state index in [1.807, 2.05) is 11.8 Å². The molecule has 108 valence electrons. The first-order valence-corrected chi connectivity index (χ1v) is 8.06. The molecule has 8 heteroatoms. The molecule has 1 unspecified atom stereocenters. The third kappa shape index (κ3) is 3.52. The number of nitrogens with two attached hydrogens (primary N) is 1. The maximum Gasteiger partial charge on any atom is 0.240 e. The van der Waals surface area contributed by atoms with E-state index in [1.165, 1.54) is 0 Å². The van der Waals surface area contributed by atoms with Gasteiger partial charge in [0.25, 0.3) is 0 Å². The minimum atomic E-state index is -2.90. The van der Waals surface area contributed by atoms with Gasteiger partial charge in [-0.3, -0.25) is 4.90 Å². The number of hydrogen-bond acceptors (Lipinski definition) is 7. The zero-order valence-electron chi connectivity index (χ0n) is 11.5. The standard InChI is InChI=1S/C11H20N4O3S/c1-8-7-19(16,17)5-4-15(8)6-9-13-10(14-18-9)11(2,3)12/h8H,4-7,12H2,1-3H3. The lowest BCUT2D eigenvalue weighted by Gasteiger charge is -2.31. The van der Waals surface area contributed by atoms with Crippen molar-refractivity contribution in [2.24, 2.45) is 5.73 Å². The van der Waals surface area contributed by atoms with Gasteiger partial charge in [-0.1, -0.05) is 5.16 Å². The second-order valence-electron chi connectivity index (χ2n) is 5.67. The summed E-state index contributed by atoms with van der Waals surface area (Å²) >= 11 is 0. The number of nitrogens with zero attached hydrogens (tertiary/aromatic N) is 3. The first-order chi connectivity index (χ1) is 8.67. The Kier molecular flexibility index (Phi) is 3.67. The molecule has 1 aliphatic rings. The van der Waals surface area contributed by atoms with Crippen LogP contribution in [0.2, 0.25) is 0 Å². The predicted octanol–water partition coefficient (Wildman–Crippen LogP) is -0.118. The van der Waals surface area contributed by atoms with Crippen molar-refractivity contribution in [3.8, 4) is 0 Å². The first-order valence-electron chi connectivity index (χ1n) is 6.24. The fraction of sp³-hybridized carbons (Fsp3) is 0.818. The molecular weight excluding hydrogens is 268 g/mol. The second kappa shape index (κ2) is 4.84. The molecule has 2 heterocycles. The van der Waals surface area contributed by atoms with E-state index in [4.69, 9.17) is 10.3 Å². The summed E-state index contributed by atoms with van der Waals surface area (Å²) in [7, 11) is -2.90. The molecule has 1 aliphatic heterocycles.